The van der Waals surface area contributed by atoms with Crippen molar-refractivity contribution in [3.63, 3.8) is 0 Å². The van der Waals surface area contributed by atoms with E-state index in [1.807, 2.05) is 0 Å². The topological polar surface area (TPSA) is 82.3 Å². The fourth-order valence-corrected chi connectivity index (χ4v) is 1.71. The molecule has 1 aromatic carbocycles. The van der Waals surface area contributed by atoms with Crippen molar-refractivity contribution >= 4 is 11.5 Å². The van der Waals surface area contributed by atoms with Crippen molar-refractivity contribution < 1.29 is 27.6 Å². The molecule has 0 spiro atoms. The van der Waals surface area contributed by atoms with E-state index in [0.29, 0.717) is 6.07 Å². The van der Waals surface area contributed by atoms with Crippen LogP contribution >= 0.6 is 0 Å². The van der Waals surface area contributed by atoms with Gasteiger partial charge in [-0.05, 0) is 24.3 Å². The Kier molecular flexibility index (Phi) is 4.06. The minimum absolute atomic E-state index is 0.127. The van der Waals surface area contributed by atoms with Gasteiger partial charge in [0.05, 0.1) is 11.0 Å². The summed E-state index contributed by atoms with van der Waals surface area (Å²) in [5.74, 6) is -1.47. The SMILES string of the molecule is O=C(c1ccncc1)c1ccc(OC(F)(F)F)cc1[N+](=O)[O-]. The number of alkyl halides is 3. The van der Waals surface area contributed by atoms with Gasteiger partial charge in [-0.3, -0.25) is 19.9 Å². The smallest absolute Gasteiger partial charge is 0.406 e. The highest BCUT2D eigenvalue weighted by Crippen LogP contribution is 2.30. The Hall–Kier alpha value is -2.97. The summed E-state index contributed by atoms with van der Waals surface area (Å²) < 4.78 is 40.0. The predicted octanol–water partition coefficient (Wildman–Crippen LogP) is 3.12. The summed E-state index contributed by atoms with van der Waals surface area (Å²) in [6.07, 6.45) is -2.34. The summed E-state index contributed by atoms with van der Waals surface area (Å²) >= 11 is 0. The number of hydrogen-bond acceptors (Lipinski definition) is 5. The van der Waals surface area contributed by atoms with E-state index in [0.717, 1.165) is 12.1 Å². The zero-order valence-electron chi connectivity index (χ0n) is 10.7. The Morgan fingerprint density at radius 1 is 1.18 bits per heavy atom. The monoisotopic (exact) mass is 312 g/mol. The van der Waals surface area contributed by atoms with Crippen LogP contribution in [0.25, 0.3) is 0 Å². The summed E-state index contributed by atoms with van der Waals surface area (Å²) in [6, 6.07) is 5.00. The summed E-state index contributed by atoms with van der Waals surface area (Å²) in [4.78, 5) is 25.9. The molecule has 0 N–H and O–H groups in total. The molecule has 2 aromatic rings. The second-order valence-corrected chi connectivity index (χ2v) is 4.05. The highest BCUT2D eigenvalue weighted by Gasteiger charge is 2.32. The van der Waals surface area contributed by atoms with Crippen molar-refractivity contribution in [2.45, 2.75) is 6.36 Å². The van der Waals surface area contributed by atoms with Gasteiger partial charge in [-0.1, -0.05) is 0 Å². The van der Waals surface area contributed by atoms with E-state index >= 15 is 0 Å². The molecule has 0 aliphatic carbocycles. The molecule has 6 nitrogen and oxygen atoms in total. The molecule has 0 unspecified atom stereocenters. The second-order valence-electron chi connectivity index (χ2n) is 4.05. The standard InChI is InChI=1S/C13H7F3N2O4/c14-13(15,16)22-9-1-2-10(11(7-9)18(20)21)12(19)8-3-5-17-6-4-8/h1-7H. The average Bonchev–Trinajstić information content (AvgIpc) is 2.45. The minimum Gasteiger partial charge on any atom is -0.406 e. The first-order valence-electron chi connectivity index (χ1n) is 5.77. The summed E-state index contributed by atoms with van der Waals surface area (Å²) in [7, 11) is 0. The molecule has 0 aliphatic heterocycles. The molecular formula is C13H7F3N2O4. The fraction of sp³-hybridized carbons (Fsp3) is 0.0769. The van der Waals surface area contributed by atoms with E-state index in [4.69, 9.17) is 0 Å². The van der Waals surface area contributed by atoms with Gasteiger partial charge in [-0.15, -0.1) is 13.2 Å². The van der Waals surface area contributed by atoms with Gasteiger partial charge in [-0.25, -0.2) is 0 Å². The third-order valence-corrected chi connectivity index (χ3v) is 2.59. The molecule has 0 atom stereocenters. The van der Waals surface area contributed by atoms with Gasteiger partial charge in [0.15, 0.2) is 5.78 Å². The van der Waals surface area contributed by atoms with Gasteiger partial charge in [0, 0.05) is 18.0 Å². The van der Waals surface area contributed by atoms with Crippen molar-refractivity contribution in [1.29, 1.82) is 0 Å². The predicted molar refractivity (Wildman–Crippen MR) is 67.4 cm³/mol. The normalized spacial score (nSPS) is 11.0. The van der Waals surface area contributed by atoms with Crippen LogP contribution in [-0.4, -0.2) is 22.1 Å². The quantitative estimate of drug-likeness (QED) is 0.492. The van der Waals surface area contributed by atoms with Crippen molar-refractivity contribution in [1.82, 2.24) is 4.98 Å². The summed E-state index contributed by atoms with van der Waals surface area (Å²) in [6.45, 7) is 0. The zero-order valence-corrected chi connectivity index (χ0v) is 10.7. The molecule has 0 aliphatic rings. The van der Waals surface area contributed by atoms with Crippen molar-refractivity contribution in [2.75, 3.05) is 0 Å². The number of halogens is 3. The van der Waals surface area contributed by atoms with Gasteiger partial charge < -0.3 is 4.74 Å². The molecule has 114 valence electrons. The van der Waals surface area contributed by atoms with Crippen LogP contribution in [0.15, 0.2) is 42.7 Å². The molecule has 1 aromatic heterocycles. The Balaban J connectivity index is 2.44. The Morgan fingerprint density at radius 3 is 2.36 bits per heavy atom. The molecular weight excluding hydrogens is 305 g/mol. The van der Waals surface area contributed by atoms with E-state index in [2.05, 4.69) is 9.72 Å². The lowest BCUT2D eigenvalue weighted by Gasteiger charge is -2.09. The third-order valence-electron chi connectivity index (χ3n) is 2.59. The molecule has 0 saturated carbocycles. The zero-order chi connectivity index (χ0) is 16.3. The number of nitro benzene ring substituents is 1. The molecule has 0 radical (unpaired) electrons. The lowest BCUT2D eigenvalue weighted by molar-refractivity contribution is -0.385. The largest absolute Gasteiger partial charge is 0.573 e. The molecule has 0 amide bonds. The van der Waals surface area contributed by atoms with E-state index in [1.54, 1.807) is 0 Å². The van der Waals surface area contributed by atoms with Gasteiger partial charge in [0.1, 0.15) is 11.3 Å². The third kappa shape index (κ3) is 3.57. The fourth-order valence-electron chi connectivity index (χ4n) is 1.71. The Labute approximate surface area is 121 Å². The van der Waals surface area contributed by atoms with Gasteiger partial charge in [0.25, 0.3) is 5.69 Å². The lowest BCUT2D eigenvalue weighted by Crippen LogP contribution is -2.17. The van der Waals surface area contributed by atoms with Crippen LogP contribution in [0.3, 0.4) is 0 Å². The van der Waals surface area contributed by atoms with Crippen LogP contribution in [0.2, 0.25) is 0 Å². The maximum absolute atomic E-state index is 12.2. The number of ether oxygens (including phenoxy) is 1. The highest BCUT2D eigenvalue weighted by atomic mass is 19.4. The van der Waals surface area contributed by atoms with Crippen molar-refractivity contribution in [3.05, 3.63) is 64.0 Å². The maximum atomic E-state index is 12.2. The number of hydrogen-bond donors (Lipinski definition) is 0. The summed E-state index contributed by atoms with van der Waals surface area (Å²) in [5, 5.41) is 11.0. The molecule has 0 bridgehead atoms. The first kappa shape index (κ1) is 15.4. The first-order valence-corrected chi connectivity index (χ1v) is 5.77. The summed E-state index contributed by atoms with van der Waals surface area (Å²) in [5.41, 5.74) is -0.989. The van der Waals surface area contributed by atoms with E-state index in [1.165, 1.54) is 24.5 Å². The van der Waals surface area contributed by atoms with Crippen molar-refractivity contribution in [3.8, 4) is 5.75 Å². The van der Waals surface area contributed by atoms with E-state index in [-0.39, 0.29) is 11.1 Å². The number of carbonyl (C=O) groups excluding carboxylic acids is 1. The maximum Gasteiger partial charge on any atom is 0.573 e. The van der Waals surface area contributed by atoms with E-state index in [9.17, 15) is 28.1 Å². The van der Waals surface area contributed by atoms with Crippen molar-refractivity contribution in [2.24, 2.45) is 0 Å². The number of benzene rings is 1. The Bertz CT molecular complexity index is 717. The van der Waals surface area contributed by atoms with Gasteiger partial charge in [-0.2, -0.15) is 0 Å². The molecule has 2 rings (SSSR count). The number of nitrogens with zero attached hydrogens (tertiary/aromatic N) is 2. The lowest BCUT2D eigenvalue weighted by atomic mass is 10.0. The number of pyridine rings is 1. The number of rotatable bonds is 4. The van der Waals surface area contributed by atoms with Crippen LogP contribution in [0.1, 0.15) is 15.9 Å². The van der Waals surface area contributed by atoms with Gasteiger partial charge in [0.2, 0.25) is 0 Å². The van der Waals surface area contributed by atoms with Crippen LogP contribution in [0, 0.1) is 10.1 Å². The minimum atomic E-state index is -4.98. The number of ketones is 1. The van der Waals surface area contributed by atoms with Gasteiger partial charge >= 0.3 is 6.36 Å². The van der Waals surface area contributed by atoms with Crippen LogP contribution < -0.4 is 4.74 Å². The molecule has 22 heavy (non-hydrogen) atoms. The Morgan fingerprint density at radius 2 is 1.82 bits per heavy atom. The van der Waals surface area contributed by atoms with Crippen LogP contribution in [0.4, 0.5) is 18.9 Å². The van der Waals surface area contributed by atoms with Crippen LogP contribution in [0.5, 0.6) is 5.75 Å². The van der Waals surface area contributed by atoms with Crippen LogP contribution in [-0.2, 0) is 0 Å². The molecule has 9 heteroatoms. The molecule has 0 saturated heterocycles. The first-order chi connectivity index (χ1) is 10.3. The average molecular weight is 312 g/mol. The molecule has 0 fully saturated rings. The highest BCUT2D eigenvalue weighted by molar-refractivity contribution is 6.11. The van der Waals surface area contributed by atoms with E-state index < -0.39 is 28.5 Å². The molecule has 1 heterocycles. The number of carbonyl (C=O) groups is 1. The second kappa shape index (κ2) is 5.80. The number of nitro groups is 1. The number of aromatic nitrogens is 1.